The molecule has 0 saturated carbocycles. The minimum absolute atomic E-state index is 0.0898. The third-order valence-corrected chi connectivity index (χ3v) is 5.00. The van der Waals surface area contributed by atoms with Crippen molar-refractivity contribution in [3.05, 3.63) is 45.9 Å². The van der Waals surface area contributed by atoms with E-state index < -0.39 is 17.7 Å². The summed E-state index contributed by atoms with van der Waals surface area (Å²) >= 11 is 1.29. The SMILES string of the molecule is CCCCNC(=O)c1csc(CN(CCCC)C(=O)Nc2ccc(F)cc2F)n1. The van der Waals surface area contributed by atoms with E-state index in [0.29, 0.717) is 23.8 Å². The van der Waals surface area contributed by atoms with Gasteiger partial charge in [-0.1, -0.05) is 26.7 Å². The number of anilines is 1. The molecule has 0 fully saturated rings. The smallest absolute Gasteiger partial charge is 0.322 e. The van der Waals surface area contributed by atoms with E-state index in [2.05, 4.69) is 15.6 Å². The number of amides is 3. The summed E-state index contributed by atoms with van der Waals surface area (Å²) in [6, 6.07) is 2.48. The monoisotopic (exact) mass is 424 g/mol. The van der Waals surface area contributed by atoms with Crippen molar-refractivity contribution in [3.8, 4) is 0 Å². The molecule has 6 nitrogen and oxygen atoms in total. The van der Waals surface area contributed by atoms with Gasteiger partial charge in [-0.3, -0.25) is 4.79 Å². The minimum Gasteiger partial charge on any atom is -0.351 e. The summed E-state index contributed by atoms with van der Waals surface area (Å²) < 4.78 is 26.9. The highest BCUT2D eigenvalue weighted by Crippen LogP contribution is 2.18. The van der Waals surface area contributed by atoms with Gasteiger partial charge in [0.1, 0.15) is 22.3 Å². The topological polar surface area (TPSA) is 74.3 Å². The molecule has 2 aromatic rings. The van der Waals surface area contributed by atoms with Gasteiger partial charge >= 0.3 is 6.03 Å². The highest BCUT2D eigenvalue weighted by Gasteiger charge is 2.18. The Morgan fingerprint density at radius 3 is 2.62 bits per heavy atom. The Kier molecular flexibility index (Phi) is 8.98. The van der Waals surface area contributed by atoms with Gasteiger partial charge in [-0.05, 0) is 25.0 Å². The molecule has 9 heteroatoms. The number of halogens is 2. The van der Waals surface area contributed by atoms with Crippen LogP contribution in [0, 0.1) is 11.6 Å². The van der Waals surface area contributed by atoms with Gasteiger partial charge in [-0.25, -0.2) is 18.6 Å². The standard InChI is InChI=1S/C20H26F2N4O2S/c1-3-5-9-23-19(27)17-13-29-18(24-17)12-26(10-6-4-2)20(28)25-16-8-7-14(21)11-15(16)22/h7-8,11,13H,3-6,9-10,12H2,1-2H3,(H,23,27)(H,25,28). The van der Waals surface area contributed by atoms with E-state index in [1.165, 1.54) is 22.3 Å². The predicted molar refractivity (Wildman–Crippen MR) is 110 cm³/mol. The van der Waals surface area contributed by atoms with Gasteiger partial charge < -0.3 is 15.5 Å². The van der Waals surface area contributed by atoms with Crippen molar-refractivity contribution in [2.45, 2.75) is 46.1 Å². The molecular weight excluding hydrogens is 398 g/mol. The fourth-order valence-electron chi connectivity index (χ4n) is 2.51. The summed E-state index contributed by atoms with van der Waals surface area (Å²) in [6.45, 7) is 5.28. The third kappa shape index (κ3) is 7.08. The number of carbonyl (C=O) groups excluding carboxylic acids is 2. The molecule has 0 bridgehead atoms. The second-order valence-corrected chi connectivity index (χ2v) is 7.51. The van der Waals surface area contributed by atoms with Crippen molar-refractivity contribution >= 4 is 29.0 Å². The lowest BCUT2D eigenvalue weighted by Crippen LogP contribution is -2.35. The van der Waals surface area contributed by atoms with E-state index in [9.17, 15) is 18.4 Å². The molecule has 158 valence electrons. The first-order valence-corrected chi connectivity index (χ1v) is 10.6. The molecule has 2 N–H and O–H groups in total. The number of unbranched alkanes of at least 4 members (excludes halogenated alkanes) is 2. The van der Waals surface area contributed by atoms with Gasteiger partial charge in [0.25, 0.3) is 5.91 Å². The van der Waals surface area contributed by atoms with Crippen molar-refractivity contribution in [1.29, 1.82) is 0 Å². The van der Waals surface area contributed by atoms with Crippen LogP contribution in [0.4, 0.5) is 19.3 Å². The van der Waals surface area contributed by atoms with E-state index in [-0.39, 0.29) is 18.1 Å². The lowest BCUT2D eigenvalue weighted by atomic mass is 10.3. The summed E-state index contributed by atoms with van der Waals surface area (Å²) in [5.74, 6) is -1.79. The maximum atomic E-state index is 13.8. The van der Waals surface area contributed by atoms with Crippen LogP contribution in [0.3, 0.4) is 0 Å². The second-order valence-electron chi connectivity index (χ2n) is 6.57. The number of hydrogen-bond donors (Lipinski definition) is 2. The molecule has 1 heterocycles. The summed E-state index contributed by atoms with van der Waals surface area (Å²) in [7, 11) is 0. The molecule has 0 radical (unpaired) electrons. The molecule has 0 aliphatic heterocycles. The Morgan fingerprint density at radius 1 is 1.17 bits per heavy atom. The summed E-state index contributed by atoms with van der Waals surface area (Å²) in [4.78, 5) is 30.5. The van der Waals surface area contributed by atoms with E-state index in [1.54, 1.807) is 5.38 Å². The molecule has 0 spiro atoms. The number of benzene rings is 1. The van der Waals surface area contributed by atoms with Gasteiger partial charge in [0.05, 0.1) is 12.2 Å². The fraction of sp³-hybridized carbons (Fsp3) is 0.450. The Bertz CT molecular complexity index is 829. The van der Waals surface area contributed by atoms with Crippen molar-refractivity contribution in [3.63, 3.8) is 0 Å². The number of urea groups is 1. The molecular formula is C20H26F2N4O2S. The first-order valence-electron chi connectivity index (χ1n) is 9.68. The highest BCUT2D eigenvalue weighted by molar-refractivity contribution is 7.09. The number of carbonyl (C=O) groups is 2. The normalized spacial score (nSPS) is 10.6. The first kappa shape index (κ1) is 22.7. The molecule has 1 aromatic heterocycles. The Morgan fingerprint density at radius 2 is 1.93 bits per heavy atom. The fourth-order valence-corrected chi connectivity index (χ4v) is 3.30. The molecule has 0 aliphatic rings. The second kappa shape index (κ2) is 11.5. The van der Waals surface area contributed by atoms with Crippen LogP contribution in [0.5, 0.6) is 0 Å². The van der Waals surface area contributed by atoms with Crippen LogP contribution >= 0.6 is 11.3 Å². The average Bonchev–Trinajstić information content (AvgIpc) is 3.16. The molecule has 1 aromatic carbocycles. The zero-order valence-corrected chi connectivity index (χ0v) is 17.5. The van der Waals surface area contributed by atoms with Crippen LogP contribution < -0.4 is 10.6 Å². The van der Waals surface area contributed by atoms with Crippen LogP contribution in [0.2, 0.25) is 0 Å². The number of hydrogen-bond acceptors (Lipinski definition) is 4. The molecule has 2 rings (SSSR count). The van der Waals surface area contributed by atoms with E-state index in [4.69, 9.17) is 0 Å². The van der Waals surface area contributed by atoms with Crippen LogP contribution in [-0.2, 0) is 6.54 Å². The number of aromatic nitrogens is 1. The lowest BCUT2D eigenvalue weighted by molar-refractivity contribution is 0.0948. The lowest BCUT2D eigenvalue weighted by Gasteiger charge is -2.22. The zero-order chi connectivity index (χ0) is 21.2. The number of nitrogens with zero attached hydrogens (tertiary/aromatic N) is 2. The van der Waals surface area contributed by atoms with Gasteiger partial charge in [0, 0.05) is 24.5 Å². The average molecular weight is 425 g/mol. The highest BCUT2D eigenvalue weighted by atomic mass is 32.1. The predicted octanol–water partition coefficient (Wildman–Crippen LogP) is 4.79. The minimum atomic E-state index is -0.839. The molecule has 0 unspecified atom stereocenters. The number of nitrogens with one attached hydrogen (secondary N) is 2. The van der Waals surface area contributed by atoms with Crippen molar-refractivity contribution in [2.75, 3.05) is 18.4 Å². The van der Waals surface area contributed by atoms with Gasteiger partial charge in [-0.15, -0.1) is 11.3 Å². The Balaban J connectivity index is 2.04. The van der Waals surface area contributed by atoms with E-state index in [0.717, 1.165) is 37.8 Å². The van der Waals surface area contributed by atoms with Crippen molar-refractivity contribution in [2.24, 2.45) is 0 Å². The van der Waals surface area contributed by atoms with Crippen molar-refractivity contribution in [1.82, 2.24) is 15.2 Å². The number of rotatable bonds is 10. The van der Waals surface area contributed by atoms with Crippen LogP contribution in [0.25, 0.3) is 0 Å². The van der Waals surface area contributed by atoms with Gasteiger partial charge in [-0.2, -0.15) is 0 Å². The third-order valence-electron chi connectivity index (χ3n) is 4.17. The maximum absolute atomic E-state index is 13.8. The summed E-state index contributed by atoms with van der Waals surface area (Å²) in [6.07, 6.45) is 3.51. The Hall–Kier alpha value is -2.55. The van der Waals surface area contributed by atoms with Crippen LogP contribution in [-0.4, -0.2) is 34.9 Å². The Labute approximate surface area is 173 Å². The quantitative estimate of drug-likeness (QED) is 0.539. The molecule has 29 heavy (non-hydrogen) atoms. The van der Waals surface area contributed by atoms with Crippen molar-refractivity contribution < 1.29 is 18.4 Å². The summed E-state index contributed by atoms with van der Waals surface area (Å²) in [5, 5.41) is 7.55. The van der Waals surface area contributed by atoms with E-state index in [1.807, 2.05) is 13.8 Å². The molecule has 3 amide bonds. The van der Waals surface area contributed by atoms with Crippen LogP contribution in [0.1, 0.15) is 55.0 Å². The molecule has 0 atom stereocenters. The first-order chi connectivity index (χ1) is 13.9. The molecule has 0 aliphatic carbocycles. The van der Waals surface area contributed by atoms with E-state index >= 15 is 0 Å². The zero-order valence-electron chi connectivity index (χ0n) is 16.6. The van der Waals surface area contributed by atoms with Crippen LogP contribution in [0.15, 0.2) is 23.6 Å². The maximum Gasteiger partial charge on any atom is 0.322 e. The summed E-state index contributed by atoms with van der Waals surface area (Å²) in [5.41, 5.74) is 0.231. The molecule has 0 saturated heterocycles. The number of thiazole rings is 1. The van der Waals surface area contributed by atoms with Gasteiger partial charge in [0.2, 0.25) is 0 Å². The van der Waals surface area contributed by atoms with Gasteiger partial charge in [0.15, 0.2) is 0 Å². The largest absolute Gasteiger partial charge is 0.351 e.